The van der Waals surface area contributed by atoms with E-state index in [1.807, 2.05) is 110 Å². The van der Waals surface area contributed by atoms with Gasteiger partial charge in [0, 0.05) is 37.4 Å². The fourth-order valence-electron chi connectivity index (χ4n) is 4.28. The number of nitrogen functional groups attached to an aromatic ring is 1. The van der Waals surface area contributed by atoms with E-state index in [1.165, 1.54) is 5.57 Å². The first-order valence-electron chi connectivity index (χ1n) is 14.1. The highest BCUT2D eigenvalue weighted by Gasteiger charge is 2.26. The Hall–Kier alpha value is -3.28. The molecular weight excluding hydrogens is 474 g/mol. The van der Waals surface area contributed by atoms with Crippen molar-refractivity contribution in [1.82, 2.24) is 9.80 Å². The lowest BCUT2D eigenvalue weighted by Crippen LogP contribution is -2.40. The second kappa shape index (κ2) is 15.9. The smallest absolute Gasteiger partial charge is 0.410 e. The second-order valence-corrected chi connectivity index (χ2v) is 9.63. The molecule has 0 atom stereocenters. The van der Waals surface area contributed by atoms with E-state index >= 15 is 0 Å². The van der Waals surface area contributed by atoms with Crippen LogP contribution < -0.4 is 5.73 Å². The number of carbonyl (C=O) groups excluding carboxylic acids is 2. The number of anilines is 1. The van der Waals surface area contributed by atoms with Gasteiger partial charge in [0.2, 0.25) is 0 Å². The third-order valence-corrected chi connectivity index (χ3v) is 6.02. The lowest BCUT2D eigenvalue weighted by atomic mass is 9.88. The zero-order valence-electron chi connectivity index (χ0n) is 25.1. The zero-order valence-corrected chi connectivity index (χ0v) is 25.1. The summed E-state index contributed by atoms with van der Waals surface area (Å²) in [6, 6.07) is 15.7. The molecule has 1 saturated heterocycles. The summed E-state index contributed by atoms with van der Waals surface area (Å²) in [6.45, 7) is 20.2. The first-order chi connectivity index (χ1) is 18.1. The Morgan fingerprint density at radius 1 is 0.868 bits per heavy atom. The van der Waals surface area contributed by atoms with E-state index in [4.69, 9.17) is 10.5 Å². The summed E-state index contributed by atoms with van der Waals surface area (Å²) >= 11 is 0. The molecule has 2 N–H and O–H groups in total. The Balaban J connectivity index is 0.00000172. The van der Waals surface area contributed by atoms with Gasteiger partial charge < -0.3 is 20.3 Å². The van der Waals surface area contributed by atoms with Crippen LogP contribution in [0, 0.1) is 0 Å². The quantitative estimate of drug-likeness (QED) is 0.409. The standard InChI is InChI=1S/C28H37N3O3.2C2H6/c1-6-30(7-2)26(32)22-13-11-20(12-14-22)25(23-9-8-10-24(29)19-23)21-15-17-31(18-16-21)27(33)34-28(3,4)5;2*1-2/h8-14,19H,6-7,15-18,29H2,1-5H3;2*1-2H3. The molecule has 3 rings (SSSR count). The fraction of sp³-hybridized carbons (Fsp3) is 0.500. The minimum absolute atomic E-state index is 0.0420. The number of hydrogen-bond donors (Lipinski definition) is 1. The summed E-state index contributed by atoms with van der Waals surface area (Å²) in [5, 5.41) is 0. The first-order valence-corrected chi connectivity index (χ1v) is 14.1. The molecule has 2 amide bonds. The number of nitrogens with two attached hydrogens (primary N) is 1. The molecule has 0 unspecified atom stereocenters. The maximum absolute atomic E-state index is 12.8. The van der Waals surface area contributed by atoms with Crippen molar-refractivity contribution < 1.29 is 14.3 Å². The van der Waals surface area contributed by atoms with Crippen molar-refractivity contribution in [2.45, 2.75) is 80.8 Å². The Bertz CT molecular complexity index is 1040. The molecule has 0 spiro atoms. The van der Waals surface area contributed by atoms with E-state index < -0.39 is 5.60 Å². The van der Waals surface area contributed by atoms with Crippen LogP contribution in [0.15, 0.2) is 54.1 Å². The van der Waals surface area contributed by atoms with Gasteiger partial charge in [-0.1, -0.05) is 57.5 Å². The average Bonchev–Trinajstić information content (AvgIpc) is 2.92. The summed E-state index contributed by atoms with van der Waals surface area (Å²) in [5.74, 6) is 0.0420. The van der Waals surface area contributed by atoms with Crippen molar-refractivity contribution in [3.63, 3.8) is 0 Å². The van der Waals surface area contributed by atoms with Crippen molar-refractivity contribution >= 4 is 23.3 Å². The second-order valence-electron chi connectivity index (χ2n) is 9.63. The van der Waals surface area contributed by atoms with Gasteiger partial charge in [0.15, 0.2) is 0 Å². The molecule has 1 fully saturated rings. The lowest BCUT2D eigenvalue weighted by Gasteiger charge is -2.32. The van der Waals surface area contributed by atoms with Gasteiger partial charge in [0.1, 0.15) is 5.60 Å². The SMILES string of the molecule is CC.CC.CCN(CC)C(=O)c1ccc(C(=C2CCN(C(=O)OC(C)(C)C)CC2)c2cccc(N)c2)cc1. The molecule has 1 heterocycles. The van der Waals surface area contributed by atoms with Crippen molar-refractivity contribution in [2.24, 2.45) is 0 Å². The molecular formula is C32H49N3O3. The molecule has 0 radical (unpaired) electrons. The third kappa shape index (κ3) is 9.23. The predicted molar refractivity (Wildman–Crippen MR) is 160 cm³/mol. The van der Waals surface area contributed by atoms with Gasteiger partial charge >= 0.3 is 6.09 Å². The largest absolute Gasteiger partial charge is 0.444 e. The van der Waals surface area contributed by atoms with Gasteiger partial charge in [-0.25, -0.2) is 4.79 Å². The summed E-state index contributed by atoms with van der Waals surface area (Å²) in [5.41, 5.74) is 11.5. The number of piperidine rings is 1. The average molecular weight is 524 g/mol. The molecule has 2 aromatic carbocycles. The number of likely N-dealkylation sites (tertiary alicyclic amines) is 1. The minimum Gasteiger partial charge on any atom is -0.444 e. The van der Waals surface area contributed by atoms with Crippen LogP contribution in [-0.4, -0.2) is 53.6 Å². The van der Waals surface area contributed by atoms with E-state index in [2.05, 4.69) is 6.07 Å². The number of carbonyl (C=O) groups is 2. The summed E-state index contributed by atoms with van der Waals surface area (Å²) in [6.07, 6.45) is 1.24. The molecule has 38 heavy (non-hydrogen) atoms. The van der Waals surface area contributed by atoms with Crippen LogP contribution in [0.4, 0.5) is 10.5 Å². The molecule has 0 aliphatic carbocycles. The molecule has 6 nitrogen and oxygen atoms in total. The van der Waals surface area contributed by atoms with Crippen LogP contribution in [0.2, 0.25) is 0 Å². The number of rotatable bonds is 5. The van der Waals surface area contributed by atoms with Crippen LogP contribution >= 0.6 is 0 Å². The highest BCUT2D eigenvalue weighted by atomic mass is 16.6. The van der Waals surface area contributed by atoms with Crippen molar-refractivity contribution in [3.8, 4) is 0 Å². The Kier molecular flexibility index (Phi) is 13.7. The zero-order chi connectivity index (χ0) is 28.9. The lowest BCUT2D eigenvalue weighted by molar-refractivity contribution is 0.0236. The van der Waals surface area contributed by atoms with E-state index in [1.54, 1.807) is 4.90 Å². The highest BCUT2D eigenvalue weighted by molar-refractivity contribution is 5.95. The highest BCUT2D eigenvalue weighted by Crippen LogP contribution is 2.33. The number of hydrogen-bond acceptors (Lipinski definition) is 4. The minimum atomic E-state index is -0.510. The van der Waals surface area contributed by atoms with Gasteiger partial charge in [-0.15, -0.1) is 0 Å². The Labute approximate surface area is 230 Å². The maximum Gasteiger partial charge on any atom is 0.410 e. The first kappa shape index (κ1) is 32.7. The van der Waals surface area contributed by atoms with Crippen LogP contribution in [0.1, 0.15) is 96.6 Å². The normalized spacial score (nSPS) is 12.9. The molecule has 0 bridgehead atoms. The summed E-state index contributed by atoms with van der Waals surface area (Å²) in [7, 11) is 0. The summed E-state index contributed by atoms with van der Waals surface area (Å²) < 4.78 is 5.55. The van der Waals surface area contributed by atoms with Crippen LogP contribution in [0.5, 0.6) is 0 Å². The predicted octanol–water partition coefficient (Wildman–Crippen LogP) is 7.64. The van der Waals surface area contributed by atoms with Crippen LogP contribution in [0.3, 0.4) is 0 Å². The molecule has 0 saturated carbocycles. The van der Waals surface area contributed by atoms with Crippen molar-refractivity contribution in [1.29, 1.82) is 0 Å². The van der Waals surface area contributed by atoms with Crippen molar-refractivity contribution in [2.75, 3.05) is 31.9 Å². The maximum atomic E-state index is 12.8. The molecule has 2 aromatic rings. The van der Waals surface area contributed by atoms with Gasteiger partial charge in [-0.05, 0) is 88.4 Å². The van der Waals surface area contributed by atoms with Crippen molar-refractivity contribution in [3.05, 3.63) is 70.8 Å². The fourth-order valence-corrected chi connectivity index (χ4v) is 4.28. The van der Waals surface area contributed by atoms with Gasteiger partial charge in [0.05, 0.1) is 0 Å². The molecule has 6 heteroatoms. The van der Waals surface area contributed by atoms with Crippen LogP contribution in [0.25, 0.3) is 5.57 Å². The monoisotopic (exact) mass is 523 g/mol. The number of nitrogens with zero attached hydrogens (tertiary/aromatic N) is 2. The molecule has 1 aliphatic rings. The van der Waals surface area contributed by atoms with E-state index in [-0.39, 0.29) is 12.0 Å². The Morgan fingerprint density at radius 2 is 1.39 bits per heavy atom. The molecule has 210 valence electrons. The van der Waals surface area contributed by atoms with E-state index in [0.29, 0.717) is 37.4 Å². The summed E-state index contributed by atoms with van der Waals surface area (Å²) in [4.78, 5) is 28.9. The van der Waals surface area contributed by atoms with Gasteiger partial charge in [0.25, 0.3) is 5.91 Å². The third-order valence-electron chi connectivity index (χ3n) is 6.02. The topological polar surface area (TPSA) is 75.9 Å². The Morgan fingerprint density at radius 3 is 1.87 bits per heavy atom. The van der Waals surface area contributed by atoms with Gasteiger partial charge in [-0.3, -0.25) is 4.79 Å². The van der Waals surface area contributed by atoms with Crippen LogP contribution in [-0.2, 0) is 4.74 Å². The number of ether oxygens (including phenoxy) is 1. The molecule has 0 aromatic heterocycles. The number of benzene rings is 2. The van der Waals surface area contributed by atoms with E-state index in [0.717, 1.165) is 29.5 Å². The molecule has 1 aliphatic heterocycles. The van der Waals surface area contributed by atoms with E-state index in [9.17, 15) is 9.59 Å². The van der Waals surface area contributed by atoms with Gasteiger partial charge in [-0.2, -0.15) is 0 Å². The number of amides is 2.